The average Bonchev–Trinajstić information content (AvgIpc) is 2.78. The van der Waals surface area contributed by atoms with Crippen molar-refractivity contribution in [3.63, 3.8) is 0 Å². The van der Waals surface area contributed by atoms with E-state index in [9.17, 15) is 31.2 Å². The maximum Gasteiger partial charge on any atom is 0.422 e. The van der Waals surface area contributed by atoms with Crippen molar-refractivity contribution in [1.82, 2.24) is 4.31 Å². The van der Waals surface area contributed by atoms with Crippen molar-refractivity contribution in [3.8, 4) is 0 Å². The minimum Gasteiger partial charge on any atom is -0.440 e. The number of carbonyl (C=O) groups excluding carboxylic acids is 2. The largest absolute Gasteiger partial charge is 0.440 e. The first kappa shape index (κ1) is 25.5. The molecule has 0 aliphatic carbocycles. The summed E-state index contributed by atoms with van der Waals surface area (Å²) in [5, 5.41) is 4.76. The number of anilines is 2. The number of piperidine rings is 1. The minimum absolute atomic E-state index is 0.144. The number of carbonyl (C=O) groups is 2. The highest BCUT2D eigenvalue weighted by Gasteiger charge is 2.30. The van der Waals surface area contributed by atoms with Crippen LogP contribution in [-0.2, 0) is 14.8 Å². The van der Waals surface area contributed by atoms with E-state index in [0.717, 1.165) is 12.8 Å². The van der Waals surface area contributed by atoms with Crippen LogP contribution in [0.25, 0.3) is 0 Å². The van der Waals surface area contributed by atoms with Crippen LogP contribution in [0, 0.1) is 5.92 Å². The molecule has 8 nitrogen and oxygen atoms in total. The zero-order chi connectivity index (χ0) is 24.9. The van der Waals surface area contributed by atoms with Crippen molar-refractivity contribution in [1.29, 1.82) is 0 Å². The fraction of sp³-hybridized carbons (Fsp3) is 0.364. The molecule has 3 rings (SSSR count). The van der Waals surface area contributed by atoms with E-state index >= 15 is 0 Å². The van der Waals surface area contributed by atoms with Crippen LogP contribution in [0.15, 0.2) is 53.4 Å². The zero-order valence-electron chi connectivity index (χ0n) is 18.3. The van der Waals surface area contributed by atoms with Gasteiger partial charge in [-0.3, -0.25) is 10.1 Å². The molecule has 2 N–H and O–H groups in total. The molecule has 0 aromatic heterocycles. The molecule has 1 aliphatic rings. The Kier molecular flexibility index (Phi) is 7.82. The van der Waals surface area contributed by atoms with Gasteiger partial charge in [0.1, 0.15) is 0 Å². The number of alkyl halides is 3. The summed E-state index contributed by atoms with van der Waals surface area (Å²) in [4.78, 5) is 24.0. The third-order valence-electron chi connectivity index (χ3n) is 5.13. The lowest BCUT2D eigenvalue weighted by Crippen LogP contribution is -2.39. The predicted octanol–water partition coefficient (Wildman–Crippen LogP) is 4.47. The fourth-order valence-corrected chi connectivity index (χ4v) is 5.03. The standard InChI is InChI=1S/C22H24F3N3O5S/c1-15-3-2-12-28(13-15)34(31,32)19-10-8-17(9-11-19)26-20(29)16-4-6-18(7-5-16)27-21(30)33-14-22(23,24)25/h4-11,15H,2-3,12-14H2,1H3,(H,26,29)(H,27,30). The molecule has 1 heterocycles. The van der Waals surface area contributed by atoms with Crippen LogP contribution in [0.4, 0.5) is 29.3 Å². The van der Waals surface area contributed by atoms with Crippen LogP contribution in [-0.4, -0.2) is 50.6 Å². The molecule has 2 amide bonds. The van der Waals surface area contributed by atoms with E-state index in [1.807, 2.05) is 6.92 Å². The van der Waals surface area contributed by atoms with Gasteiger partial charge in [-0.05, 0) is 67.3 Å². The molecule has 184 valence electrons. The third-order valence-corrected chi connectivity index (χ3v) is 7.01. The van der Waals surface area contributed by atoms with Crippen LogP contribution < -0.4 is 10.6 Å². The Hall–Kier alpha value is -3.12. The van der Waals surface area contributed by atoms with Crippen LogP contribution in [0.5, 0.6) is 0 Å². The van der Waals surface area contributed by atoms with Gasteiger partial charge in [-0.15, -0.1) is 0 Å². The number of benzene rings is 2. The topological polar surface area (TPSA) is 105 Å². The number of nitrogens with one attached hydrogen (secondary N) is 2. The lowest BCUT2D eigenvalue weighted by atomic mass is 10.0. The van der Waals surface area contributed by atoms with E-state index in [0.29, 0.717) is 24.7 Å². The molecule has 12 heteroatoms. The Morgan fingerprint density at radius 1 is 1.03 bits per heavy atom. The number of hydrogen-bond acceptors (Lipinski definition) is 5. The number of rotatable bonds is 6. The molecule has 0 saturated carbocycles. The smallest absolute Gasteiger partial charge is 0.422 e. The molecule has 2 aromatic rings. The Balaban J connectivity index is 1.58. The van der Waals surface area contributed by atoms with E-state index in [-0.39, 0.29) is 16.1 Å². The second kappa shape index (κ2) is 10.4. The Bertz CT molecular complexity index is 1120. The summed E-state index contributed by atoms with van der Waals surface area (Å²) in [5.41, 5.74) is 0.743. The first-order chi connectivity index (χ1) is 15.9. The summed E-state index contributed by atoms with van der Waals surface area (Å²) in [5.74, 6) is -0.194. The monoisotopic (exact) mass is 499 g/mol. The van der Waals surface area contributed by atoms with Gasteiger partial charge in [0.15, 0.2) is 6.61 Å². The maximum atomic E-state index is 12.8. The van der Waals surface area contributed by atoms with E-state index < -0.39 is 34.8 Å². The highest BCUT2D eigenvalue weighted by Crippen LogP contribution is 2.24. The Morgan fingerprint density at radius 3 is 2.21 bits per heavy atom. The second-order valence-electron chi connectivity index (χ2n) is 7.98. The number of nitrogens with zero attached hydrogens (tertiary/aromatic N) is 1. The molecule has 1 fully saturated rings. The van der Waals surface area contributed by atoms with Gasteiger partial charge in [-0.25, -0.2) is 13.2 Å². The van der Waals surface area contributed by atoms with Gasteiger partial charge in [0.2, 0.25) is 10.0 Å². The maximum absolute atomic E-state index is 12.8. The van der Waals surface area contributed by atoms with E-state index in [2.05, 4.69) is 15.4 Å². The molecule has 1 atom stereocenters. The Morgan fingerprint density at radius 2 is 1.62 bits per heavy atom. The van der Waals surface area contributed by atoms with Gasteiger partial charge in [0, 0.05) is 30.0 Å². The van der Waals surface area contributed by atoms with E-state index in [4.69, 9.17) is 0 Å². The van der Waals surface area contributed by atoms with Crippen molar-refractivity contribution in [2.45, 2.75) is 30.8 Å². The van der Waals surface area contributed by atoms with Gasteiger partial charge >= 0.3 is 12.3 Å². The number of amides is 2. The molecule has 1 saturated heterocycles. The molecule has 0 spiro atoms. The van der Waals surface area contributed by atoms with Gasteiger partial charge < -0.3 is 10.1 Å². The summed E-state index contributed by atoms with van der Waals surface area (Å²) in [6, 6.07) is 11.2. The van der Waals surface area contributed by atoms with Crippen molar-refractivity contribution >= 4 is 33.4 Å². The van der Waals surface area contributed by atoms with Gasteiger partial charge in [-0.2, -0.15) is 17.5 Å². The summed E-state index contributed by atoms with van der Waals surface area (Å²) >= 11 is 0. The molecular weight excluding hydrogens is 475 g/mol. The van der Waals surface area contributed by atoms with Crippen LogP contribution in [0.3, 0.4) is 0 Å². The number of halogens is 3. The summed E-state index contributed by atoms with van der Waals surface area (Å²) < 4.78 is 67.4. The molecule has 0 radical (unpaired) electrons. The minimum atomic E-state index is -4.63. The van der Waals surface area contributed by atoms with Crippen molar-refractivity contribution < 1.29 is 35.9 Å². The van der Waals surface area contributed by atoms with Crippen LogP contribution in [0.2, 0.25) is 0 Å². The third kappa shape index (κ3) is 6.94. The molecular formula is C22H24F3N3O5S. The van der Waals surface area contributed by atoms with Crippen molar-refractivity contribution in [2.75, 3.05) is 30.3 Å². The second-order valence-corrected chi connectivity index (χ2v) is 9.92. The van der Waals surface area contributed by atoms with Gasteiger partial charge in [0.05, 0.1) is 4.90 Å². The lowest BCUT2D eigenvalue weighted by molar-refractivity contribution is -0.159. The van der Waals surface area contributed by atoms with Crippen molar-refractivity contribution in [3.05, 3.63) is 54.1 Å². The van der Waals surface area contributed by atoms with Crippen LogP contribution >= 0.6 is 0 Å². The SMILES string of the molecule is CC1CCCN(S(=O)(=O)c2ccc(NC(=O)c3ccc(NC(=O)OCC(F)(F)F)cc3)cc2)C1. The van der Waals surface area contributed by atoms with E-state index in [1.54, 1.807) is 0 Å². The molecule has 1 unspecified atom stereocenters. The zero-order valence-corrected chi connectivity index (χ0v) is 19.1. The number of sulfonamides is 1. The summed E-state index contributed by atoms with van der Waals surface area (Å²) in [6.07, 6.45) is -4.09. The Labute approximate surface area is 195 Å². The fourth-order valence-electron chi connectivity index (χ4n) is 3.43. The normalized spacial score (nSPS) is 17.1. The average molecular weight is 500 g/mol. The van der Waals surface area contributed by atoms with Crippen LogP contribution in [0.1, 0.15) is 30.1 Å². The number of ether oxygens (including phenoxy) is 1. The van der Waals surface area contributed by atoms with Gasteiger partial charge in [0.25, 0.3) is 5.91 Å². The van der Waals surface area contributed by atoms with Gasteiger partial charge in [-0.1, -0.05) is 6.92 Å². The molecule has 34 heavy (non-hydrogen) atoms. The summed E-state index contributed by atoms with van der Waals surface area (Å²) in [7, 11) is -3.61. The van der Waals surface area contributed by atoms with Crippen molar-refractivity contribution in [2.24, 2.45) is 5.92 Å². The first-order valence-electron chi connectivity index (χ1n) is 10.5. The first-order valence-corrected chi connectivity index (χ1v) is 11.9. The highest BCUT2D eigenvalue weighted by atomic mass is 32.2. The number of hydrogen-bond donors (Lipinski definition) is 2. The predicted molar refractivity (Wildman–Crippen MR) is 119 cm³/mol. The quantitative estimate of drug-likeness (QED) is 0.610. The molecule has 1 aliphatic heterocycles. The molecule has 0 bridgehead atoms. The highest BCUT2D eigenvalue weighted by molar-refractivity contribution is 7.89. The lowest BCUT2D eigenvalue weighted by Gasteiger charge is -2.30. The van der Waals surface area contributed by atoms with E-state index in [1.165, 1.54) is 52.8 Å². The molecule has 2 aromatic carbocycles. The summed E-state index contributed by atoms with van der Waals surface area (Å²) in [6.45, 7) is 1.26.